The summed E-state index contributed by atoms with van der Waals surface area (Å²) in [5.74, 6) is 1.31. The number of amides is 2. The molecule has 4 unspecified atom stereocenters. The van der Waals surface area contributed by atoms with E-state index in [0.29, 0.717) is 18.4 Å². The molecular weight excluding hydrogens is 614 g/mol. The van der Waals surface area contributed by atoms with Crippen LogP contribution in [0.4, 0.5) is 0 Å². The van der Waals surface area contributed by atoms with Crippen molar-refractivity contribution >= 4 is 32.9 Å². The van der Waals surface area contributed by atoms with E-state index >= 15 is 4.79 Å². The number of fused-ring (bicyclic) bond motifs is 8. The molecule has 2 amide bonds. The minimum atomic E-state index is -3.97. The van der Waals surface area contributed by atoms with Crippen LogP contribution >= 0.6 is 0 Å². The normalized spacial score (nSPS) is 27.4. The van der Waals surface area contributed by atoms with Crippen LogP contribution in [0.25, 0.3) is 22.2 Å². The molecule has 0 bridgehead atoms. The van der Waals surface area contributed by atoms with Gasteiger partial charge in [0.1, 0.15) is 5.75 Å². The highest BCUT2D eigenvalue weighted by molar-refractivity contribution is 7.88. The molecule has 2 aromatic carbocycles. The molecule has 250 valence electrons. The Hall–Kier alpha value is -3.41. The van der Waals surface area contributed by atoms with Crippen LogP contribution in [-0.2, 0) is 21.5 Å². The number of methoxy groups -OCH3 is 1. The Morgan fingerprint density at radius 3 is 2.57 bits per heavy atom. The fourth-order valence-electron chi connectivity index (χ4n) is 9.58. The van der Waals surface area contributed by atoms with Crippen LogP contribution in [0.5, 0.6) is 5.75 Å². The number of ether oxygens (including phenoxy) is 1. The third kappa shape index (κ3) is 4.99. The average molecular weight is 660 g/mol. The quantitative estimate of drug-likeness (QED) is 0.400. The van der Waals surface area contributed by atoms with E-state index < -0.39 is 21.5 Å². The van der Waals surface area contributed by atoms with Gasteiger partial charge in [0, 0.05) is 67.2 Å². The number of carbonyl (C=O) groups excluding carboxylic acids is 2. The molecule has 2 saturated heterocycles. The van der Waals surface area contributed by atoms with Crippen molar-refractivity contribution in [2.24, 2.45) is 11.3 Å². The number of likely N-dealkylation sites (tertiary alicyclic amines) is 2. The fraction of sp³-hybridized carbons (Fsp3) is 0.556. The number of hydrogen-bond acceptors (Lipinski definition) is 6. The first kappa shape index (κ1) is 30.9. The number of hydrogen-bond donors (Lipinski definition) is 2. The van der Waals surface area contributed by atoms with Crippen LogP contribution in [0.1, 0.15) is 84.7 Å². The monoisotopic (exact) mass is 659 g/mol. The highest BCUT2D eigenvalue weighted by atomic mass is 32.2. The fourth-order valence-corrected chi connectivity index (χ4v) is 10.0. The van der Waals surface area contributed by atoms with Crippen LogP contribution in [0.15, 0.2) is 36.4 Å². The lowest BCUT2D eigenvalue weighted by atomic mass is 9.81. The van der Waals surface area contributed by atoms with Gasteiger partial charge in [0.05, 0.1) is 18.2 Å². The molecule has 2 saturated carbocycles. The Morgan fingerprint density at radius 2 is 1.81 bits per heavy atom. The first-order chi connectivity index (χ1) is 22.6. The molecule has 5 aliphatic rings. The van der Waals surface area contributed by atoms with Crippen LogP contribution < -0.4 is 14.2 Å². The molecule has 0 radical (unpaired) electrons. The summed E-state index contributed by atoms with van der Waals surface area (Å²) in [6.07, 6.45) is 8.74. The van der Waals surface area contributed by atoms with Crippen molar-refractivity contribution in [2.45, 2.75) is 75.8 Å². The largest absolute Gasteiger partial charge is 0.497 e. The first-order valence-electron chi connectivity index (χ1n) is 17.2. The van der Waals surface area contributed by atoms with Crippen molar-refractivity contribution < 1.29 is 22.7 Å². The number of nitrogens with zero attached hydrogens (tertiary/aromatic N) is 3. The molecular formula is C36H45N5O5S. The second kappa shape index (κ2) is 11.3. The van der Waals surface area contributed by atoms with Gasteiger partial charge in [-0.3, -0.25) is 9.59 Å². The van der Waals surface area contributed by atoms with Gasteiger partial charge in [-0.2, -0.15) is 8.42 Å². The van der Waals surface area contributed by atoms with Crippen LogP contribution in [-0.4, -0.2) is 81.5 Å². The lowest BCUT2D eigenvalue weighted by Gasteiger charge is -2.39. The molecule has 3 aromatic rings. The van der Waals surface area contributed by atoms with E-state index in [1.165, 1.54) is 43.9 Å². The molecule has 10 nitrogen and oxygen atoms in total. The van der Waals surface area contributed by atoms with E-state index in [0.717, 1.165) is 73.2 Å². The van der Waals surface area contributed by atoms with Crippen molar-refractivity contribution in [2.75, 3.05) is 40.8 Å². The van der Waals surface area contributed by atoms with Gasteiger partial charge in [-0.15, -0.1) is 0 Å². The molecule has 2 N–H and O–H groups in total. The summed E-state index contributed by atoms with van der Waals surface area (Å²) >= 11 is 0. The zero-order valence-corrected chi connectivity index (χ0v) is 28.4. The molecule has 0 spiro atoms. The van der Waals surface area contributed by atoms with Gasteiger partial charge < -0.3 is 19.1 Å². The van der Waals surface area contributed by atoms with Gasteiger partial charge in [-0.1, -0.05) is 25.3 Å². The predicted molar refractivity (Wildman–Crippen MR) is 181 cm³/mol. The standard InChI is InChI=1S/C36H45N5O5S/c1-37-47(44,45)38-34(42)23-11-13-27-30(16-23)41-21-36(35(43)40-15-7-10-24-19-39(2)20-31(24)40)18-29(36)28-17-25(46-3)12-14-26(28)33(41)32(27)22-8-5-4-6-9-22/h11-14,16-17,22,24,29,31,37H,4-10,15,18-21H2,1-3H3,(H,38,42). The summed E-state index contributed by atoms with van der Waals surface area (Å²) in [5, 5.41) is 1.08. The van der Waals surface area contributed by atoms with Gasteiger partial charge in [0.2, 0.25) is 5.91 Å². The smallest absolute Gasteiger partial charge is 0.301 e. The van der Waals surface area contributed by atoms with E-state index in [2.05, 4.69) is 43.0 Å². The summed E-state index contributed by atoms with van der Waals surface area (Å²) < 4.78 is 36.8. The molecule has 3 aliphatic heterocycles. The lowest BCUT2D eigenvalue weighted by Crippen LogP contribution is -2.52. The third-order valence-electron chi connectivity index (χ3n) is 11.9. The van der Waals surface area contributed by atoms with E-state index in [9.17, 15) is 13.2 Å². The molecule has 11 heteroatoms. The Kier molecular flexibility index (Phi) is 7.46. The van der Waals surface area contributed by atoms with Gasteiger partial charge in [0.25, 0.3) is 5.91 Å². The lowest BCUT2D eigenvalue weighted by molar-refractivity contribution is -0.142. The number of nitrogens with one attached hydrogen (secondary N) is 2. The summed E-state index contributed by atoms with van der Waals surface area (Å²) in [5.41, 5.74) is 5.30. The summed E-state index contributed by atoms with van der Waals surface area (Å²) in [4.78, 5) is 32.9. The molecule has 4 fully saturated rings. The number of rotatable bonds is 6. The minimum Gasteiger partial charge on any atom is -0.497 e. The van der Waals surface area contributed by atoms with Crippen molar-refractivity contribution in [3.63, 3.8) is 0 Å². The number of carbonyl (C=O) groups is 2. The minimum absolute atomic E-state index is 0.0704. The number of piperidine rings is 1. The van der Waals surface area contributed by atoms with Crippen LogP contribution in [0.2, 0.25) is 0 Å². The number of benzene rings is 2. The van der Waals surface area contributed by atoms with E-state index in [-0.39, 0.29) is 23.4 Å². The maximum absolute atomic E-state index is 15.0. The summed E-state index contributed by atoms with van der Waals surface area (Å²) in [7, 11) is 1.15. The predicted octanol–water partition coefficient (Wildman–Crippen LogP) is 4.60. The Morgan fingerprint density at radius 1 is 1.00 bits per heavy atom. The Balaban J connectivity index is 1.32. The number of likely N-dealkylation sites (N-methyl/N-ethyl adjacent to an activating group) is 1. The second-order valence-electron chi connectivity index (χ2n) is 14.6. The zero-order chi connectivity index (χ0) is 32.7. The van der Waals surface area contributed by atoms with Gasteiger partial charge in [0.15, 0.2) is 0 Å². The molecule has 4 heterocycles. The maximum Gasteiger partial charge on any atom is 0.301 e. The van der Waals surface area contributed by atoms with E-state index in [4.69, 9.17) is 4.74 Å². The van der Waals surface area contributed by atoms with Crippen LogP contribution in [0, 0.1) is 11.3 Å². The van der Waals surface area contributed by atoms with Crippen molar-refractivity contribution in [1.29, 1.82) is 0 Å². The van der Waals surface area contributed by atoms with Crippen LogP contribution in [0.3, 0.4) is 0 Å². The number of aromatic nitrogens is 1. The first-order valence-corrected chi connectivity index (χ1v) is 18.7. The van der Waals surface area contributed by atoms with Crippen molar-refractivity contribution in [1.82, 2.24) is 23.8 Å². The topological polar surface area (TPSA) is 113 Å². The SMILES string of the molecule is CNS(=O)(=O)NC(=O)c1ccc2c(C3CCCCC3)c3n(c2c1)CC1(C(=O)N2CCCC4CN(C)CC42)CC1c1cc(OC)ccc1-3. The van der Waals surface area contributed by atoms with Gasteiger partial charge in [-0.05, 0) is 92.4 Å². The third-order valence-corrected chi connectivity index (χ3v) is 12.9. The molecule has 1 aromatic heterocycles. The van der Waals surface area contributed by atoms with E-state index in [1.54, 1.807) is 13.2 Å². The zero-order valence-electron chi connectivity index (χ0n) is 27.5. The summed E-state index contributed by atoms with van der Waals surface area (Å²) in [6.45, 7) is 3.27. The second-order valence-corrected chi connectivity index (χ2v) is 16.2. The average Bonchev–Trinajstić information content (AvgIpc) is 3.58. The maximum atomic E-state index is 15.0. The molecule has 8 rings (SSSR count). The van der Waals surface area contributed by atoms with Gasteiger partial charge >= 0.3 is 10.2 Å². The van der Waals surface area contributed by atoms with Crippen molar-refractivity contribution in [3.05, 3.63) is 53.1 Å². The molecule has 4 atom stereocenters. The van der Waals surface area contributed by atoms with Gasteiger partial charge in [-0.25, -0.2) is 9.44 Å². The molecule has 2 aliphatic carbocycles. The molecule has 47 heavy (non-hydrogen) atoms. The van der Waals surface area contributed by atoms with Crippen molar-refractivity contribution in [3.8, 4) is 17.0 Å². The Bertz CT molecular complexity index is 1880. The summed E-state index contributed by atoms with van der Waals surface area (Å²) in [6, 6.07) is 12.1. The Labute approximate surface area is 277 Å². The van der Waals surface area contributed by atoms with E-state index in [1.807, 2.05) is 18.2 Å². The highest BCUT2D eigenvalue weighted by Crippen LogP contribution is 2.66. The highest BCUT2D eigenvalue weighted by Gasteiger charge is 2.65.